The third kappa shape index (κ3) is 3.47. The van der Waals surface area contributed by atoms with E-state index in [0.29, 0.717) is 24.7 Å². The number of hydrogen-bond donors (Lipinski definition) is 1. The topological polar surface area (TPSA) is 41.6 Å². The SMILES string of the molecule is C[C@H]1OCCN[C@@H]1C(=O)N(C)Cc1ccccc1Cl. The first-order valence-electron chi connectivity index (χ1n) is 6.43. The Hall–Kier alpha value is -1.10. The lowest BCUT2D eigenvalue weighted by Crippen LogP contribution is -2.55. The van der Waals surface area contributed by atoms with E-state index < -0.39 is 0 Å². The van der Waals surface area contributed by atoms with E-state index in [1.807, 2.05) is 31.2 Å². The Balaban J connectivity index is 2.01. The van der Waals surface area contributed by atoms with Crippen molar-refractivity contribution in [3.8, 4) is 0 Å². The van der Waals surface area contributed by atoms with Crippen LogP contribution in [0.3, 0.4) is 0 Å². The molecule has 2 rings (SSSR count). The van der Waals surface area contributed by atoms with Crippen molar-refractivity contribution in [2.45, 2.75) is 25.6 Å². The van der Waals surface area contributed by atoms with Gasteiger partial charge in [0, 0.05) is 25.2 Å². The summed E-state index contributed by atoms with van der Waals surface area (Å²) in [6.07, 6.45) is -0.102. The Morgan fingerprint density at radius 2 is 2.26 bits per heavy atom. The van der Waals surface area contributed by atoms with E-state index >= 15 is 0 Å². The van der Waals surface area contributed by atoms with Crippen LogP contribution in [0, 0.1) is 0 Å². The summed E-state index contributed by atoms with van der Waals surface area (Å²) in [6.45, 7) is 3.78. The highest BCUT2D eigenvalue weighted by Crippen LogP contribution is 2.17. The van der Waals surface area contributed by atoms with Gasteiger partial charge in [-0.15, -0.1) is 0 Å². The summed E-state index contributed by atoms with van der Waals surface area (Å²) in [7, 11) is 1.79. The Kier molecular flexibility index (Phi) is 4.80. The highest BCUT2D eigenvalue weighted by Gasteiger charge is 2.30. The van der Waals surface area contributed by atoms with E-state index in [2.05, 4.69) is 5.32 Å². The molecular formula is C14H19ClN2O2. The van der Waals surface area contributed by atoms with Crippen molar-refractivity contribution in [2.75, 3.05) is 20.2 Å². The number of ether oxygens (including phenoxy) is 1. The molecule has 1 saturated heterocycles. The van der Waals surface area contributed by atoms with E-state index in [1.54, 1.807) is 11.9 Å². The summed E-state index contributed by atoms with van der Waals surface area (Å²) in [5.41, 5.74) is 0.949. The van der Waals surface area contributed by atoms with Gasteiger partial charge in [-0.3, -0.25) is 4.79 Å². The minimum Gasteiger partial charge on any atom is -0.375 e. The van der Waals surface area contributed by atoms with Crippen molar-refractivity contribution >= 4 is 17.5 Å². The average Bonchev–Trinajstić information content (AvgIpc) is 2.41. The maximum absolute atomic E-state index is 12.4. The molecule has 0 bridgehead atoms. The number of carbonyl (C=O) groups excluding carboxylic acids is 1. The third-order valence-corrected chi connectivity index (χ3v) is 3.69. The lowest BCUT2D eigenvalue weighted by molar-refractivity contribution is -0.138. The molecule has 4 nitrogen and oxygen atoms in total. The monoisotopic (exact) mass is 282 g/mol. The highest BCUT2D eigenvalue weighted by molar-refractivity contribution is 6.31. The average molecular weight is 283 g/mol. The van der Waals surface area contributed by atoms with Crippen molar-refractivity contribution in [1.29, 1.82) is 0 Å². The fourth-order valence-corrected chi connectivity index (χ4v) is 2.40. The first kappa shape index (κ1) is 14.3. The molecule has 5 heteroatoms. The lowest BCUT2D eigenvalue weighted by atomic mass is 10.1. The Morgan fingerprint density at radius 3 is 2.95 bits per heavy atom. The zero-order chi connectivity index (χ0) is 13.8. The van der Waals surface area contributed by atoms with Gasteiger partial charge in [0.2, 0.25) is 5.91 Å². The van der Waals surface area contributed by atoms with Crippen LogP contribution in [0.25, 0.3) is 0 Å². The normalized spacial score (nSPS) is 23.1. The van der Waals surface area contributed by atoms with Gasteiger partial charge in [0.25, 0.3) is 0 Å². The number of morpholine rings is 1. The summed E-state index contributed by atoms with van der Waals surface area (Å²) >= 11 is 6.11. The number of amides is 1. The second kappa shape index (κ2) is 6.37. The van der Waals surface area contributed by atoms with Crippen LogP contribution in [0.1, 0.15) is 12.5 Å². The number of nitrogens with one attached hydrogen (secondary N) is 1. The quantitative estimate of drug-likeness (QED) is 0.917. The van der Waals surface area contributed by atoms with Crippen molar-refractivity contribution in [1.82, 2.24) is 10.2 Å². The molecular weight excluding hydrogens is 264 g/mol. The van der Waals surface area contributed by atoms with Gasteiger partial charge in [0.05, 0.1) is 12.7 Å². The predicted molar refractivity (Wildman–Crippen MR) is 75.1 cm³/mol. The largest absolute Gasteiger partial charge is 0.375 e. The van der Waals surface area contributed by atoms with Crippen LogP contribution in [0.2, 0.25) is 5.02 Å². The minimum absolute atomic E-state index is 0.0344. The van der Waals surface area contributed by atoms with E-state index in [-0.39, 0.29) is 18.1 Å². The number of halogens is 1. The fraction of sp³-hybridized carbons (Fsp3) is 0.500. The molecule has 0 saturated carbocycles. The molecule has 0 aromatic heterocycles. The molecule has 1 aliphatic rings. The van der Waals surface area contributed by atoms with E-state index in [9.17, 15) is 4.79 Å². The van der Waals surface area contributed by atoms with Crippen molar-refractivity contribution in [2.24, 2.45) is 0 Å². The number of rotatable bonds is 3. The number of benzene rings is 1. The van der Waals surface area contributed by atoms with Gasteiger partial charge in [-0.1, -0.05) is 29.8 Å². The third-order valence-electron chi connectivity index (χ3n) is 3.32. The summed E-state index contributed by atoms with van der Waals surface area (Å²) < 4.78 is 5.50. The second-order valence-corrected chi connectivity index (χ2v) is 5.20. The number of hydrogen-bond acceptors (Lipinski definition) is 3. The van der Waals surface area contributed by atoms with Crippen LogP contribution in [0.15, 0.2) is 24.3 Å². The summed E-state index contributed by atoms with van der Waals surface area (Å²) in [5, 5.41) is 3.88. The standard InChI is InChI=1S/C14H19ClN2O2/c1-10-13(16-7-8-19-10)14(18)17(2)9-11-5-3-4-6-12(11)15/h3-6,10,13,16H,7-9H2,1-2H3/t10-,13+/m1/s1. The molecule has 1 amide bonds. The van der Waals surface area contributed by atoms with Crippen molar-refractivity contribution < 1.29 is 9.53 Å². The Morgan fingerprint density at radius 1 is 1.53 bits per heavy atom. The molecule has 0 radical (unpaired) electrons. The number of carbonyl (C=O) groups is 1. The molecule has 0 aliphatic carbocycles. The molecule has 2 atom stereocenters. The molecule has 0 spiro atoms. The molecule has 1 heterocycles. The summed E-state index contributed by atoms with van der Waals surface area (Å²) in [4.78, 5) is 14.0. The first-order valence-corrected chi connectivity index (χ1v) is 6.80. The van der Waals surface area contributed by atoms with Gasteiger partial charge in [0.1, 0.15) is 6.04 Å². The van der Waals surface area contributed by atoms with Crippen LogP contribution >= 0.6 is 11.6 Å². The zero-order valence-corrected chi connectivity index (χ0v) is 12.0. The van der Waals surface area contributed by atoms with Crippen molar-refractivity contribution in [3.63, 3.8) is 0 Å². The van der Waals surface area contributed by atoms with Gasteiger partial charge in [-0.2, -0.15) is 0 Å². The summed E-state index contributed by atoms with van der Waals surface area (Å²) in [5.74, 6) is 0.0344. The molecule has 1 N–H and O–H groups in total. The van der Waals surface area contributed by atoms with Crippen LogP contribution in [0.5, 0.6) is 0 Å². The van der Waals surface area contributed by atoms with Gasteiger partial charge in [0.15, 0.2) is 0 Å². The number of likely N-dealkylation sites (N-methyl/N-ethyl adjacent to an activating group) is 1. The van der Waals surface area contributed by atoms with E-state index in [1.165, 1.54) is 0 Å². The van der Waals surface area contributed by atoms with Gasteiger partial charge < -0.3 is 15.0 Å². The Labute approximate surface area is 118 Å². The van der Waals surface area contributed by atoms with Crippen LogP contribution in [-0.2, 0) is 16.1 Å². The molecule has 1 aromatic carbocycles. The smallest absolute Gasteiger partial charge is 0.242 e. The second-order valence-electron chi connectivity index (χ2n) is 4.79. The van der Waals surface area contributed by atoms with Crippen LogP contribution < -0.4 is 5.32 Å². The highest BCUT2D eigenvalue weighted by atomic mass is 35.5. The molecule has 19 heavy (non-hydrogen) atoms. The van der Waals surface area contributed by atoms with Gasteiger partial charge >= 0.3 is 0 Å². The van der Waals surface area contributed by atoms with Gasteiger partial charge in [-0.05, 0) is 18.6 Å². The first-order chi connectivity index (χ1) is 9.09. The Bertz CT molecular complexity index is 453. The molecule has 104 valence electrons. The van der Waals surface area contributed by atoms with Crippen LogP contribution in [-0.4, -0.2) is 43.2 Å². The zero-order valence-electron chi connectivity index (χ0n) is 11.2. The molecule has 1 aromatic rings. The van der Waals surface area contributed by atoms with Crippen LogP contribution in [0.4, 0.5) is 0 Å². The fourth-order valence-electron chi connectivity index (χ4n) is 2.21. The number of nitrogens with zero attached hydrogens (tertiary/aromatic N) is 1. The van der Waals surface area contributed by atoms with Gasteiger partial charge in [-0.25, -0.2) is 0 Å². The molecule has 1 aliphatic heterocycles. The minimum atomic E-state index is -0.277. The maximum Gasteiger partial charge on any atom is 0.242 e. The predicted octanol–water partition coefficient (Wildman–Crippen LogP) is 1.68. The van der Waals surface area contributed by atoms with E-state index in [0.717, 1.165) is 5.56 Å². The van der Waals surface area contributed by atoms with Crippen molar-refractivity contribution in [3.05, 3.63) is 34.9 Å². The molecule has 1 fully saturated rings. The maximum atomic E-state index is 12.4. The molecule has 0 unspecified atom stereocenters. The lowest BCUT2D eigenvalue weighted by Gasteiger charge is -2.32. The summed E-state index contributed by atoms with van der Waals surface area (Å²) in [6, 6.07) is 7.29. The van der Waals surface area contributed by atoms with E-state index in [4.69, 9.17) is 16.3 Å².